The lowest BCUT2D eigenvalue weighted by Gasteiger charge is -2.20. The van der Waals surface area contributed by atoms with Crippen molar-refractivity contribution in [3.05, 3.63) is 5.69 Å². The Kier molecular flexibility index (Phi) is 7.85. The zero-order valence-corrected chi connectivity index (χ0v) is 15.1. The smallest absolute Gasteiger partial charge is 0.407 e. The van der Waals surface area contributed by atoms with E-state index in [1.54, 1.807) is 6.92 Å². The number of nitriles is 1. The summed E-state index contributed by atoms with van der Waals surface area (Å²) in [6.07, 6.45) is -0.623. The summed E-state index contributed by atoms with van der Waals surface area (Å²) in [4.78, 5) is 28.2. The van der Waals surface area contributed by atoms with Crippen molar-refractivity contribution in [2.24, 2.45) is 5.92 Å². The van der Waals surface area contributed by atoms with Crippen molar-refractivity contribution in [1.82, 2.24) is 10.3 Å². The first-order valence-corrected chi connectivity index (χ1v) is 8.90. The summed E-state index contributed by atoms with van der Waals surface area (Å²) in [5.41, 5.74) is 0.769. The lowest BCUT2D eigenvalue weighted by Crippen LogP contribution is -2.47. The van der Waals surface area contributed by atoms with Crippen molar-refractivity contribution >= 4 is 40.2 Å². The van der Waals surface area contributed by atoms with E-state index in [1.807, 2.05) is 20.8 Å². The van der Waals surface area contributed by atoms with Gasteiger partial charge in [-0.1, -0.05) is 36.9 Å². The number of carbonyl (C=O) groups is 2. The predicted molar refractivity (Wildman–Crippen MR) is 90.6 cm³/mol. The second-order valence-corrected chi connectivity index (χ2v) is 7.16. The third kappa shape index (κ3) is 6.08. The lowest BCUT2D eigenvalue weighted by molar-refractivity contribution is -0.119. The minimum atomic E-state index is -0.714. The van der Waals surface area contributed by atoms with Crippen molar-refractivity contribution < 1.29 is 14.3 Å². The van der Waals surface area contributed by atoms with Crippen molar-refractivity contribution in [1.29, 1.82) is 5.26 Å². The predicted octanol–water partition coefficient (Wildman–Crippen LogP) is 2.78. The van der Waals surface area contributed by atoms with Gasteiger partial charge in [0.15, 0.2) is 5.13 Å². The van der Waals surface area contributed by atoms with Crippen LogP contribution in [-0.2, 0) is 9.53 Å². The molecule has 0 unspecified atom stereocenters. The molecule has 0 aliphatic heterocycles. The van der Waals surface area contributed by atoms with Gasteiger partial charge in [-0.2, -0.15) is 5.26 Å². The zero-order valence-electron chi connectivity index (χ0n) is 13.5. The molecule has 0 saturated carbocycles. The molecule has 1 rings (SSSR count). The molecule has 126 valence electrons. The van der Waals surface area contributed by atoms with Gasteiger partial charge in [-0.15, -0.1) is 0 Å². The second-order valence-electron chi connectivity index (χ2n) is 4.91. The number of ether oxygens (including phenoxy) is 1. The number of aryl methyl sites for hydroxylation is 1. The average Bonchev–Trinajstić information content (AvgIpc) is 2.82. The summed E-state index contributed by atoms with van der Waals surface area (Å²) in [5.74, 6) is -0.123. The number of nitrogens with one attached hydrogen (secondary N) is 2. The van der Waals surface area contributed by atoms with Gasteiger partial charge in [-0.05, 0) is 19.8 Å². The summed E-state index contributed by atoms with van der Waals surface area (Å²) in [6.45, 7) is 7.42. The Hall–Kier alpha value is -1.79. The Morgan fingerprint density at radius 1 is 1.48 bits per heavy atom. The fourth-order valence-electron chi connectivity index (χ4n) is 1.69. The standard InChI is InChI=1S/C14H20N4O3S2/c1-5-21-14(20)17-10(8(2)3)11(19)18-13-16-9(4)12(23-13)22-7-6-15/h8,10H,5,7H2,1-4H3,(H,17,20)(H,16,18,19)/t10-/m1/s1. The monoisotopic (exact) mass is 356 g/mol. The van der Waals surface area contributed by atoms with Crippen LogP contribution in [0.3, 0.4) is 0 Å². The van der Waals surface area contributed by atoms with E-state index in [9.17, 15) is 9.59 Å². The Balaban J connectivity index is 2.75. The van der Waals surface area contributed by atoms with Crippen molar-refractivity contribution in [2.75, 3.05) is 17.7 Å². The zero-order chi connectivity index (χ0) is 17.4. The van der Waals surface area contributed by atoms with Crippen LogP contribution in [0.1, 0.15) is 26.5 Å². The number of anilines is 1. The van der Waals surface area contributed by atoms with Crippen LogP contribution in [0.25, 0.3) is 0 Å². The molecule has 1 heterocycles. The average molecular weight is 356 g/mol. The van der Waals surface area contributed by atoms with E-state index in [0.717, 1.165) is 9.90 Å². The Morgan fingerprint density at radius 2 is 2.17 bits per heavy atom. The number of thiazole rings is 1. The summed E-state index contributed by atoms with van der Waals surface area (Å²) in [7, 11) is 0. The molecular weight excluding hydrogens is 336 g/mol. The van der Waals surface area contributed by atoms with Gasteiger partial charge in [-0.3, -0.25) is 4.79 Å². The number of carbonyl (C=O) groups excluding carboxylic acids is 2. The molecule has 9 heteroatoms. The van der Waals surface area contributed by atoms with E-state index in [2.05, 4.69) is 21.7 Å². The van der Waals surface area contributed by atoms with Crippen molar-refractivity contribution in [3.63, 3.8) is 0 Å². The van der Waals surface area contributed by atoms with Gasteiger partial charge in [0.25, 0.3) is 0 Å². The maximum atomic E-state index is 12.4. The third-order valence-corrected chi connectivity index (χ3v) is 5.05. The highest BCUT2D eigenvalue weighted by molar-refractivity contribution is 8.01. The van der Waals surface area contributed by atoms with E-state index in [-0.39, 0.29) is 18.4 Å². The normalized spacial score (nSPS) is 11.7. The molecule has 2 N–H and O–H groups in total. The molecular formula is C14H20N4O3S2. The van der Waals surface area contributed by atoms with Crippen LogP contribution in [0.15, 0.2) is 4.21 Å². The van der Waals surface area contributed by atoms with Gasteiger partial charge in [0, 0.05) is 0 Å². The van der Waals surface area contributed by atoms with Gasteiger partial charge in [0.1, 0.15) is 6.04 Å². The SMILES string of the molecule is CCOC(=O)N[C@@H](C(=O)Nc1nc(C)c(SCC#N)s1)C(C)C. The number of alkyl carbamates (subject to hydrolysis) is 1. The number of amides is 2. The quantitative estimate of drug-likeness (QED) is 0.728. The van der Waals surface area contributed by atoms with Crippen LogP contribution in [0, 0.1) is 24.2 Å². The summed E-state index contributed by atoms with van der Waals surface area (Å²) < 4.78 is 5.70. The van der Waals surface area contributed by atoms with Gasteiger partial charge in [-0.25, -0.2) is 9.78 Å². The van der Waals surface area contributed by atoms with Crippen LogP contribution in [0.2, 0.25) is 0 Å². The molecule has 1 aromatic heterocycles. The molecule has 23 heavy (non-hydrogen) atoms. The minimum absolute atomic E-state index is 0.104. The topological polar surface area (TPSA) is 104 Å². The number of nitrogens with zero attached hydrogens (tertiary/aromatic N) is 2. The first kappa shape index (κ1) is 19.3. The first-order chi connectivity index (χ1) is 10.9. The molecule has 0 saturated heterocycles. The number of hydrogen-bond acceptors (Lipinski definition) is 7. The van der Waals surface area contributed by atoms with Crippen molar-refractivity contribution in [2.45, 2.75) is 37.9 Å². The van der Waals surface area contributed by atoms with Crippen LogP contribution in [-0.4, -0.2) is 35.4 Å². The molecule has 0 aromatic carbocycles. The van der Waals surface area contributed by atoms with Crippen LogP contribution in [0.4, 0.5) is 9.93 Å². The second kappa shape index (κ2) is 9.37. The van der Waals surface area contributed by atoms with Crippen LogP contribution >= 0.6 is 23.1 Å². The number of thioether (sulfide) groups is 1. The van der Waals surface area contributed by atoms with E-state index < -0.39 is 12.1 Å². The van der Waals surface area contributed by atoms with Crippen LogP contribution in [0.5, 0.6) is 0 Å². The highest BCUT2D eigenvalue weighted by atomic mass is 32.2. The van der Waals surface area contributed by atoms with Gasteiger partial charge in [0.05, 0.1) is 28.3 Å². The molecule has 0 spiro atoms. The molecule has 0 radical (unpaired) electrons. The molecule has 0 bridgehead atoms. The number of hydrogen-bond donors (Lipinski definition) is 2. The number of aromatic nitrogens is 1. The van der Waals surface area contributed by atoms with E-state index in [1.165, 1.54) is 23.1 Å². The van der Waals surface area contributed by atoms with E-state index in [4.69, 9.17) is 10.00 Å². The third-order valence-electron chi connectivity index (χ3n) is 2.75. The first-order valence-electron chi connectivity index (χ1n) is 7.10. The minimum Gasteiger partial charge on any atom is -0.450 e. The maximum Gasteiger partial charge on any atom is 0.407 e. The van der Waals surface area contributed by atoms with E-state index in [0.29, 0.717) is 10.9 Å². The van der Waals surface area contributed by atoms with E-state index >= 15 is 0 Å². The van der Waals surface area contributed by atoms with Gasteiger partial charge >= 0.3 is 6.09 Å². The largest absolute Gasteiger partial charge is 0.450 e. The molecule has 2 amide bonds. The van der Waals surface area contributed by atoms with Crippen LogP contribution < -0.4 is 10.6 Å². The molecule has 0 aliphatic carbocycles. The maximum absolute atomic E-state index is 12.4. The molecule has 0 fully saturated rings. The highest BCUT2D eigenvalue weighted by Crippen LogP contribution is 2.31. The van der Waals surface area contributed by atoms with Gasteiger partial charge in [0.2, 0.25) is 5.91 Å². The summed E-state index contributed by atoms with van der Waals surface area (Å²) in [5, 5.41) is 14.3. The molecule has 7 nitrogen and oxygen atoms in total. The molecule has 1 atom stereocenters. The Labute approximate surface area is 143 Å². The fraction of sp³-hybridized carbons (Fsp3) is 0.571. The fourth-order valence-corrected chi connectivity index (χ4v) is 3.49. The Bertz CT molecular complexity index is 595. The van der Waals surface area contributed by atoms with Gasteiger partial charge < -0.3 is 15.4 Å². The van der Waals surface area contributed by atoms with Crippen molar-refractivity contribution in [3.8, 4) is 6.07 Å². The number of rotatable bonds is 7. The summed E-state index contributed by atoms with van der Waals surface area (Å²) >= 11 is 2.69. The highest BCUT2D eigenvalue weighted by Gasteiger charge is 2.25. The lowest BCUT2D eigenvalue weighted by atomic mass is 10.0. The Morgan fingerprint density at radius 3 is 2.74 bits per heavy atom. The molecule has 1 aromatic rings. The summed E-state index contributed by atoms with van der Waals surface area (Å²) in [6, 6.07) is 1.34. The molecule has 0 aliphatic rings.